The van der Waals surface area contributed by atoms with E-state index in [9.17, 15) is 9.59 Å². The number of hydrogen-bond donors (Lipinski definition) is 2. The third-order valence-corrected chi connectivity index (χ3v) is 6.07. The van der Waals surface area contributed by atoms with Crippen LogP contribution in [-0.2, 0) is 22.6 Å². The second-order valence-electron chi connectivity index (χ2n) is 8.23. The number of benzene rings is 3. The second kappa shape index (κ2) is 11.1. The molecule has 172 valence electrons. The maximum Gasteiger partial charge on any atom is 0.249 e. The van der Waals surface area contributed by atoms with Crippen molar-refractivity contribution in [3.8, 4) is 11.1 Å². The molecule has 2 N–H and O–H groups in total. The van der Waals surface area contributed by atoms with Crippen molar-refractivity contribution >= 4 is 29.9 Å². The molecule has 0 spiro atoms. The maximum atomic E-state index is 13.6. The van der Waals surface area contributed by atoms with Gasteiger partial charge in [-0.2, -0.15) is 0 Å². The molecule has 0 saturated carbocycles. The molecule has 2 amide bonds. The topological polar surface area (TPSA) is 61.4 Å². The summed E-state index contributed by atoms with van der Waals surface area (Å²) in [6, 6.07) is 25.6. The number of likely N-dealkylation sites (N-methyl/N-ethyl adjacent to an activating group) is 1. The van der Waals surface area contributed by atoms with E-state index in [0.717, 1.165) is 34.4 Å². The van der Waals surface area contributed by atoms with Gasteiger partial charge < -0.3 is 15.5 Å². The molecular formula is C27H30ClN3O2. The number of fused-ring (bicyclic) bond motifs is 1. The first kappa shape index (κ1) is 24.5. The predicted molar refractivity (Wildman–Crippen MR) is 136 cm³/mol. The average molecular weight is 464 g/mol. The Balaban J connectivity index is 0.00000306. The van der Waals surface area contributed by atoms with Crippen LogP contribution in [0.25, 0.3) is 11.1 Å². The Hall–Kier alpha value is -3.15. The first-order chi connectivity index (χ1) is 15.6. The molecule has 0 fully saturated rings. The molecular weight excluding hydrogens is 434 g/mol. The predicted octanol–water partition coefficient (Wildman–Crippen LogP) is 4.35. The molecule has 4 rings (SSSR count). The number of halogens is 1. The largest absolute Gasteiger partial charge is 0.343 e. The molecule has 6 heteroatoms. The van der Waals surface area contributed by atoms with E-state index < -0.39 is 6.04 Å². The number of para-hydroxylation sites is 1. The minimum Gasteiger partial charge on any atom is -0.343 e. The summed E-state index contributed by atoms with van der Waals surface area (Å²) in [5.74, 6) is -0.237. The number of nitrogens with one attached hydrogen (secondary N) is 2. The minimum absolute atomic E-state index is 0. The van der Waals surface area contributed by atoms with E-state index in [4.69, 9.17) is 0 Å². The molecule has 5 nitrogen and oxygen atoms in total. The van der Waals surface area contributed by atoms with Gasteiger partial charge in [-0.25, -0.2) is 0 Å². The number of carbonyl (C=O) groups excluding carboxylic acids is 2. The highest BCUT2D eigenvalue weighted by molar-refractivity contribution is 6.00. The SMILES string of the molecule is CN[C@@H](C)C(=O)NC1CCc2ccccc2N(Cc2cccc(-c3ccccc3)c2)C1=O.Cl. The minimum atomic E-state index is -0.553. The van der Waals surface area contributed by atoms with Crippen LogP contribution in [0.2, 0.25) is 0 Å². The summed E-state index contributed by atoms with van der Waals surface area (Å²) in [6.45, 7) is 2.24. The first-order valence-electron chi connectivity index (χ1n) is 11.1. The highest BCUT2D eigenvalue weighted by atomic mass is 35.5. The smallest absolute Gasteiger partial charge is 0.249 e. The highest BCUT2D eigenvalue weighted by Gasteiger charge is 2.32. The van der Waals surface area contributed by atoms with Crippen LogP contribution >= 0.6 is 12.4 Å². The number of aryl methyl sites for hydroxylation is 1. The summed E-state index contributed by atoms with van der Waals surface area (Å²) in [6.07, 6.45) is 1.32. The number of carbonyl (C=O) groups is 2. The second-order valence-corrected chi connectivity index (χ2v) is 8.23. The van der Waals surface area contributed by atoms with Gasteiger partial charge in [-0.15, -0.1) is 12.4 Å². The molecule has 33 heavy (non-hydrogen) atoms. The molecule has 0 radical (unpaired) electrons. The summed E-state index contributed by atoms with van der Waals surface area (Å²) >= 11 is 0. The van der Waals surface area contributed by atoms with Crippen molar-refractivity contribution in [3.63, 3.8) is 0 Å². The van der Waals surface area contributed by atoms with Crippen molar-refractivity contribution in [1.29, 1.82) is 0 Å². The van der Waals surface area contributed by atoms with E-state index in [-0.39, 0.29) is 30.3 Å². The quantitative estimate of drug-likeness (QED) is 0.571. The Morgan fingerprint density at radius 1 is 1.00 bits per heavy atom. The lowest BCUT2D eigenvalue weighted by Gasteiger charge is -2.27. The Morgan fingerprint density at radius 3 is 2.45 bits per heavy atom. The van der Waals surface area contributed by atoms with Gasteiger partial charge in [0.1, 0.15) is 6.04 Å². The normalized spacial score (nSPS) is 16.2. The third-order valence-electron chi connectivity index (χ3n) is 6.07. The van der Waals surface area contributed by atoms with E-state index in [0.29, 0.717) is 13.0 Å². The maximum absolute atomic E-state index is 13.6. The van der Waals surface area contributed by atoms with Gasteiger partial charge in [0.05, 0.1) is 12.6 Å². The lowest BCUT2D eigenvalue weighted by molar-refractivity contribution is -0.128. The van der Waals surface area contributed by atoms with Gasteiger partial charge in [0.15, 0.2) is 0 Å². The zero-order valence-corrected chi connectivity index (χ0v) is 19.8. The van der Waals surface area contributed by atoms with Crippen LogP contribution in [0.1, 0.15) is 24.5 Å². The Labute approximate surface area is 201 Å². The van der Waals surface area contributed by atoms with Gasteiger partial charge in [-0.3, -0.25) is 9.59 Å². The molecule has 3 aromatic rings. The molecule has 0 saturated heterocycles. The zero-order chi connectivity index (χ0) is 22.5. The van der Waals surface area contributed by atoms with E-state index >= 15 is 0 Å². The number of rotatable bonds is 6. The highest BCUT2D eigenvalue weighted by Crippen LogP contribution is 2.29. The van der Waals surface area contributed by atoms with Crippen LogP contribution in [0.4, 0.5) is 5.69 Å². The van der Waals surface area contributed by atoms with Crippen molar-refractivity contribution in [3.05, 3.63) is 90.0 Å². The molecule has 0 aliphatic carbocycles. The van der Waals surface area contributed by atoms with Crippen LogP contribution in [0.3, 0.4) is 0 Å². The van der Waals surface area contributed by atoms with E-state index in [1.165, 1.54) is 0 Å². The van der Waals surface area contributed by atoms with Crippen LogP contribution in [0, 0.1) is 0 Å². The van der Waals surface area contributed by atoms with Crippen LogP contribution in [0.15, 0.2) is 78.9 Å². The van der Waals surface area contributed by atoms with Gasteiger partial charge in [-0.05, 0) is 61.2 Å². The summed E-state index contributed by atoms with van der Waals surface area (Å²) in [4.78, 5) is 27.9. The average Bonchev–Trinajstić information content (AvgIpc) is 2.96. The van der Waals surface area contributed by atoms with Crippen molar-refractivity contribution in [1.82, 2.24) is 10.6 Å². The molecule has 2 atom stereocenters. The molecule has 1 unspecified atom stereocenters. The number of hydrogen-bond acceptors (Lipinski definition) is 3. The fraction of sp³-hybridized carbons (Fsp3) is 0.259. The summed E-state index contributed by atoms with van der Waals surface area (Å²) < 4.78 is 0. The molecule has 0 aromatic heterocycles. The molecule has 3 aromatic carbocycles. The van der Waals surface area contributed by atoms with Crippen molar-refractivity contribution in [2.75, 3.05) is 11.9 Å². The van der Waals surface area contributed by atoms with Crippen molar-refractivity contribution in [2.24, 2.45) is 0 Å². The number of nitrogens with zero attached hydrogens (tertiary/aromatic N) is 1. The Kier molecular flexibility index (Phi) is 8.26. The zero-order valence-electron chi connectivity index (χ0n) is 19.0. The molecule has 1 heterocycles. The van der Waals surface area contributed by atoms with Gasteiger partial charge in [-0.1, -0.05) is 66.7 Å². The fourth-order valence-electron chi connectivity index (χ4n) is 4.10. The van der Waals surface area contributed by atoms with Gasteiger partial charge in [0, 0.05) is 5.69 Å². The lowest BCUT2D eigenvalue weighted by Crippen LogP contribution is -2.52. The van der Waals surface area contributed by atoms with Crippen molar-refractivity contribution < 1.29 is 9.59 Å². The summed E-state index contributed by atoms with van der Waals surface area (Å²) in [5.41, 5.74) is 5.35. The number of amides is 2. The van der Waals surface area contributed by atoms with Crippen LogP contribution in [0.5, 0.6) is 0 Å². The monoisotopic (exact) mass is 463 g/mol. The summed E-state index contributed by atoms with van der Waals surface area (Å²) in [5, 5.41) is 5.89. The van der Waals surface area contributed by atoms with Crippen LogP contribution < -0.4 is 15.5 Å². The molecule has 0 bridgehead atoms. The van der Waals surface area contributed by atoms with Gasteiger partial charge >= 0.3 is 0 Å². The standard InChI is InChI=1S/C27H29N3O2.ClH/c1-19(28-2)26(31)29-24-16-15-22-12-6-7-14-25(22)30(27(24)32)18-20-9-8-13-23(17-20)21-10-4-3-5-11-21;/h3-14,17,19,24,28H,15-16,18H2,1-2H3,(H,29,31);1H/t19-,24?;/m0./s1. The van der Waals surface area contributed by atoms with Crippen LogP contribution in [-0.4, -0.2) is 30.9 Å². The van der Waals surface area contributed by atoms with E-state index in [2.05, 4.69) is 41.0 Å². The van der Waals surface area contributed by atoms with Crippen molar-refractivity contribution in [2.45, 2.75) is 38.4 Å². The van der Waals surface area contributed by atoms with E-state index in [1.807, 2.05) is 53.4 Å². The first-order valence-corrected chi connectivity index (χ1v) is 11.1. The number of anilines is 1. The fourth-order valence-corrected chi connectivity index (χ4v) is 4.10. The third kappa shape index (κ3) is 5.62. The Bertz CT molecular complexity index is 1100. The Morgan fingerprint density at radius 2 is 1.70 bits per heavy atom. The van der Waals surface area contributed by atoms with Gasteiger partial charge in [0.25, 0.3) is 0 Å². The van der Waals surface area contributed by atoms with Gasteiger partial charge in [0.2, 0.25) is 11.8 Å². The summed E-state index contributed by atoms with van der Waals surface area (Å²) in [7, 11) is 1.74. The lowest BCUT2D eigenvalue weighted by atomic mass is 10.0. The molecule has 1 aliphatic rings. The molecule has 1 aliphatic heterocycles. The van der Waals surface area contributed by atoms with E-state index in [1.54, 1.807) is 14.0 Å².